The van der Waals surface area contributed by atoms with Crippen molar-refractivity contribution in [2.24, 2.45) is 0 Å². The number of nitrogens with zero attached hydrogens (tertiary/aromatic N) is 5. The summed E-state index contributed by atoms with van der Waals surface area (Å²) >= 11 is 1.58. The lowest BCUT2D eigenvalue weighted by Gasteiger charge is -2.14. The number of aromatic nitrogens is 4. The first-order chi connectivity index (χ1) is 21.6. The second-order valence-electron chi connectivity index (χ2n) is 11.0. The molecule has 1 fully saturated rings. The lowest BCUT2D eigenvalue weighted by Crippen LogP contribution is -2.19. The van der Waals surface area contributed by atoms with Crippen LogP contribution in [0.2, 0.25) is 0 Å². The Kier molecular flexibility index (Phi) is 7.87. The van der Waals surface area contributed by atoms with Crippen molar-refractivity contribution in [1.29, 1.82) is 0 Å². The van der Waals surface area contributed by atoms with Crippen LogP contribution in [0.4, 0.5) is 17.3 Å². The van der Waals surface area contributed by atoms with Crippen LogP contribution in [0.15, 0.2) is 103 Å². The summed E-state index contributed by atoms with van der Waals surface area (Å²) in [6.45, 7) is 5.56. The van der Waals surface area contributed by atoms with Gasteiger partial charge in [-0.05, 0) is 84.9 Å². The van der Waals surface area contributed by atoms with E-state index in [1.807, 2.05) is 76.6 Å². The van der Waals surface area contributed by atoms with Crippen molar-refractivity contribution in [3.8, 4) is 22.6 Å². The number of hydrogen-bond acceptors (Lipinski definition) is 7. The third kappa shape index (κ3) is 5.97. The normalized spacial score (nSPS) is 15.1. The predicted octanol–water partition coefficient (Wildman–Crippen LogP) is 7.25. The maximum absolute atomic E-state index is 12.7. The standard InChI is InChI=1S/C35H33N7OS/c1-2-41-18-15-26(23-41)24-8-5-11-28(20-24)38-35-36-16-14-30(39-35)34-33(40-31-13-3-4-17-42(31)34)25-9-6-10-27(21-25)37-32(43)22-29-12-7-19-44-29/h3-14,16-17,19-21,26H,2,15,18,22-23H2,1H3,(H,37,43)(H,36,38,39). The third-order valence-electron chi connectivity index (χ3n) is 8.10. The first kappa shape index (κ1) is 27.9. The van der Waals surface area contributed by atoms with Crippen LogP contribution >= 0.6 is 11.3 Å². The van der Waals surface area contributed by atoms with Gasteiger partial charge in [0.25, 0.3) is 0 Å². The van der Waals surface area contributed by atoms with Gasteiger partial charge in [-0.1, -0.05) is 43.3 Å². The molecule has 0 radical (unpaired) electrons. The summed E-state index contributed by atoms with van der Waals surface area (Å²) < 4.78 is 2.05. The van der Waals surface area contributed by atoms with E-state index in [9.17, 15) is 4.79 Å². The molecule has 9 heteroatoms. The monoisotopic (exact) mass is 599 g/mol. The maximum Gasteiger partial charge on any atom is 0.229 e. The number of pyridine rings is 1. The number of likely N-dealkylation sites (N-methyl/N-ethyl adjacent to an activating group) is 1. The molecule has 0 spiro atoms. The number of nitrogens with one attached hydrogen (secondary N) is 2. The van der Waals surface area contributed by atoms with Gasteiger partial charge >= 0.3 is 0 Å². The molecule has 2 N–H and O–H groups in total. The number of amides is 1. The van der Waals surface area contributed by atoms with E-state index in [-0.39, 0.29) is 5.91 Å². The molecule has 1 aliphatic rings. The Bertz CT molecular complexity index is 1920. The minimum absolute atomic E-state index is 0.0500. The smallest absolute Gasteiger partial charge is 0.229 e. The van der Waals surface area contributed by atoms with E-state index in [2.05, 4.69) is 51.7 Å². The van der Waals surface area contributed by atoms with Crippen molar-refractivity contribution >= 4 is 40.2 Å². The zero-order valence-electron chi connectivity index (χ0n) is 24.5. The van der Waals surface area contributed by atoms with Gasteiger partial charge in [0.05, 0.1) is 23.5 Å². The molecule has 4 aromatic heterocycles. The minimum Gasteiger partial charge on any atom is -0.326 e. The molecule has 1 saturated heterocycles. The van der Waals surface area contributed by atoms with Crippen molar-refractivity contribution in [3.63, 3.8) is 0 Å². The Labute approximate surface area is 260 Å². The second kappa shape index (κ2) is 12.4. The van der Waals surface area contributed by atoms with Gasteiger partial charge in [-0.25, -0.2) is 15.0 Å². The topological polar surface area (TPSA) is 87.5 Å². The van der Waals surface area contributed by atoms with Gasteiger partial charge in [-0.3, -0.25) is 9.20 Å². The first-order valence-corrected chi connectivity index (χ1v) is 15.8. The van der Waals surface area contributed by atoms with Gasteiger partial charge in [0.1, 0.15) is 5.65 Å². The number of carbonyl (C=O) groups excluding carboxylic acids is 1. The van der Waals surface area contributed by atoms with Gasteiger partial charge < -0.3 is 15.5 Å². The molecule has 5 heterocycles. The van der Waals surface area contributed by atoms with E-state index in [0.29, 0.717) is 18.3 Å². The molecule has 0 saturated carbocycles. The zero-order valence-corrected chi connectivity index (χ0v) is 25.3. The SMILES string of the molecule is CCN1CCC(c2cccc(Nc3nccc(-c4c(-c5cccc(NC(=O)Cc6cccs6)c5)nc5ccccn45)n3)c2)C1. The maximum atomic E-state index is 12.7. The van der Waals surface area contributed by atoms with Crippen LogP contribution in [0.25, 0.3) is 28.3 Å². The molecular formula is C35H33N7OS. The highest BCUT2D eigenvalue weighted by molar-refractivity contribution is 7.10. The van der Waals surface area contributed by atoms with Crippen LogP contribution in [-0.2, 0) is 11.2 Å². The minimum atomic E-state index is -0.0500. The summed E-state index contributed by atoms with van der Waals surface area (Å²) in [7, 11) is 0. The van der Waals surface area contributed by atoms with Crippen LogP contribution in [0.5, 0.6) is 0 Å². The van der Waals surface area contributed by atoms with E-state index in [1.165, 1.54) is 12.0 Å². The van der Waals surface area contributed by atoms with E-state index < -0.39 is 0 Å². The Morgan fingerprint density at radius 2 is 1.89 bits per heavy atom. The number of benzene rings is 2. The molecule has 1 atom stereocenters. The van der Waals surface area contributed by atoms with Crippen molar-refractivity contribution in [2.75, 3.05) is 30.3 Å². The van der Waals surface area contributed by atoms with Gasteiger partial charge in [-0.2, -0.15) is 0 Å². The fraction of sp³-hybridized carbons (Fsp3) is 0.200. The Morgan fingerprint density at radius 3 is 2.75 bits per heavy atom. The predicted molar refractivity (Wildman–Crippen MR) is 178 cm³/mol. The van der Waals surface area contributed by atoms with Crippen LogP contribution in [0.1, 0.15) is 29.7 Å². The number of fused-ring (bicyclic) bond motifs is 1. The van der Waals surface area contributed by atoms with Crippen molar-refractivity contribution in [3.05, 3.63) is 113 Å². The molecule has 7 rings (SSSR count). The molecule has 1 amide bonds. The lowest BCUT2D eigenvalue weighted by atomic mass is 9.98. The first-order valence-electron chi connectivity index (χ1n) is 15.0. The average molecular weight is 600 g/mol. The molecule has 8 nitrogen and oxygen atoms in total. The Hall–Kier alpha value is -4.86. The highest BCUT2D eigenvalue weighted by Gasteiger charge is 2.23. The molecule has 0 bridgehead atoms. The molecule has 2 aromatic carbocycles. The zero-order chi connectivity index (χ0) is 29.9. The van der Waals surface area contributed by atoms with Crippen molar-refractivity contribution < 1.29 is 4.79 Å². The van der Waals surface area contributed by atoms with E-state index in [0.717, 1.165) is 64.2 Å². The summed E-state index contributed by atoms with van der Waals surface area (Å²) in [4.78, 5) is 30.7. The van der Waals surface area contributed by atoms with Gasteiger partial charge in [0.2, 0.25) is 11.9 Å². The van der Waals surface area contributed by atoms with Crippen LogP contribution in [0, 0.1) is 0 Å². The number of thiophene rings is 1. The number of hydrogen-bond donors (Lipinski definition) is 2. The second-order valence-corrected chi connectivity index (χ2v) is 12.1. The fourth-order valence-electron chi connectivity index (χ4n) is 5.90. The molecule has 1 unspecified atom stereocenters. The van der Waals surface area contributed by atoms with Crippen molar-refractivity contribution in [1.82, 2.24) is 24.3 Å². The number of likely N-dealkylation sites (tertiary alicyclic amines) is 1. The molecule has 220 valence electrons. The van der Waals surface area contributed by atoms with Crippen LogP contribution in [0.3, 0.4) is 0 Å². The summed E-state index contributed by atoms with van der Waals surface area (Å²) in [5, 5.41) is 8.47. The summed E-state index contributed by atoms with van der Waals surface area (Å²) in [5.41, 5.74) is 7.10. The lowest BCUT2D eigenvalue weighted by molar-refractivity contribution is -0.115. The third-order valence-corrected chi connectivity index (χ3v) is 8.97. The fourth-order valence-corrected chi connectivity index (χ4v) is 6.61. The van der Waals surface area contributed by atoms with Gasteiger partial charge in [-0.15, -0.1) is 11.3 Å². The summed E-state index contributed by atoms with van der Waals surface area (Å²) in [6.07, 6.45) is 5.30. The number of anilines is 3. The van der Waals surface area contributed by atoms with Crippen LogP contribution in [-0.4, -0.2) is 49.8 Å². The quantitative estimate of drug-likeness (QED) is 0.182. The molecule has 1 aliphatic heterocycles. The Balaban J connectivity index is 1.18. The average Bonchev–Trinajstić information content (AvgIpc) is 3.82. The molecule has 6 aromatic rings. The number of rotatable bonds is 9. The number of carbonyl (C=O) groups is 1. The Morgan fingerprint density at radius 1 is 0.977 bits per heavy atom. The van der Waals surface area contributed by atoms with Gasteiger partial charge in [0.15, 0.2) is 0 Å². The summed E-state index contributed by atoms with van der Waals surface area (Å²) in [5.74, 6) is 1.01. The molecular weight excluding hydrogens is 567 g/mol. The van der Waals surface area contributed by atoms with Crippen LogP contribution < -0.4 is 10.6 Å². The molecule has 0 aliphatic carbocycles. The number of imidazole rings is 1. The van der Waals surface area contributed by atoms with E-state index in [4.69, 9.17) is 9.97 Å². The molecule has 44 heavy (non-hydrogen) atoms. The van der Waals surface area contributed by atoms with E-state index >= 15 is 0 Å². The van der Waals surface area contributed by atoms with Crippen molar-refractivity contribution in [2.45, 2.75) is 25.7 Å². The van der Waals surface area contributed by atoms with E-state index in [1.54, 1.807) is 17.5 Å². The highest BCUT2D eigenvalue weighted by atomic mass is 32.1. The van der Waals surface area contributed by atoms with Gasteiger partial charge in [0, 0.05) is 40.8 Å². The summed E-state index contributed by atoms with van der Waals surface area (Å²) in [6, 6.07) is 28.2. The largest absolute Gasteiger partial charge is 0.326 e. The highest BCUT2D eigenvalue weighted by Crippen LogP contribution is 2.34.